The van der Waals surface area contributed by atoms with Crippen LogP contribution in [0.3, 0.4) is 0 Å². The lowest BCUT2D eigenvalue weighted by molar-refractivity contribution is -0.160. The van der Waals surface area contributed by atoms with Crippen molar-refractivity contribution in [3.63, 3.8) is 0 Å². The number of nitrogens with one attached hydrogen (secondary N) is 1. The molecule has 0 saturated carbocycles. The van der Waals surface area contributed by atoms with Crippen molar-refractivity contribution in [3.05, 3.63) is 63.6 Å². The van der Waals surface area contributed by atoms with Gasteiger partial charge in [0.15, 0.2) is 0 Å². The second kappa shape index (κ2) is 12.7. The molecule has 174 valence electrons. The zero-order valence-corrected chi connectivity index (χ0v) is 19.0. The van der Waals surface area contributed by atoms with Crippen LogP contribution >= 0.6 is 23.2 Å². The van der Waals surface area contributed by atoms with Gasteiger partial charge in [0.05, 0.1) is 28.3 Å². The molecule has 0 bridgehead atoms. The Morgan fingerprint density at radius 3 is 2.41 bits per heavy atom. The van der Waals surface area contributed by atoms with Crippen LogP contribution in [0.25, 0.3) is 0 Å². The first kappa shape index (κ1) is 26.0. The Hall–Kier alpha value is -2.26. The zero-order valence-electron chi connectivity index (χ0n) is 17.5. The summed E-state index contributed by atoms with van der Waals surface area (Å²) in [6, 6.07) is 7.68. The third-order valence-electron chi connectivity index (χ3n) is 4.50. The molecule has 0 spiro atoms. The van der Waals surface area contributed by atoms with E-state index in [0.29, 0.717) is 6.07 Å². The molecule has 0 saturated heterocycles. The van der Waals surface area contributed by atoms with Gasteiger partial charge >= 0.3 is 5.97 Å². The smallest absolute Gasteiger partial charge is 0.311 e. The van der Waals surface area contributed by atoms with Crippen LogP contribution in [-0.2, 0) is 23.8 Å². The van der Waals surface area contributed by atoms with Crippen LogP contribution in [-0.4, -0.2) is 32.4 Å². The summed E-state index contributed by atoms with van der Waals surface area (Å²) in [7, 11) is 1.36. The number of carbonyl (C=O) groups is 2. The van der Waals surface area contributed by atoms with Crippen molar-refractivity contribution in [1.29, 1.82) is 0 Å². The molecule has 0 fully saturated rings. The highest BCUT2D eigenvalue weighted by Crippen LogP contribution is 2.34. The second-order valence-electron chi connectivity index (χ2n) is 6.70. The summed E-state index contributed by atoms with van der Waals surface area (Å²) in [5.41, 5.74) is 0.182. The Bertz CT molecular complexity index is 924. The van der Waals surface area contributed by atoms with E-state index >= 15 is 0 Å². The van der Waals surface area contributed by atoms with Crippen LogP contribution in [0.15, 0.2) is 36.4 Å². The molecule has 0 aliphatic rings. The van der Waals surface area contributed by atoms with Crippen LogP contribution in [0.4, 0.5) is 14.5 Å². The molecule has 0 heterocycles. The van der Waals surface area contributed by atoms with Gasteiger partial charge in [0, 0.05) is 25.2 Å². The van der Waals surface area contributed by atoms with E-state index in [9.17, 15) is 18.4 Å². The normalized spacial score (nSPS) is 12.8. The van der Waals surface area contributed by atoms with Gasteiger partial charge in [-0.25, -0.2) is 8.78 Å². The highest BCUT2D eigenvalue weighted by Gasteiger charge is 2.34. The average molecular weight is 490 g/mol. The lowest BCUT2D eigenvalue weighted by atomic mass is 9.90. The van der Waals surface area contributed by atoms with Gasteiger partial charge in [-0.15, -0.1) is 0 Å². The summed E-state index contributed by atoms with van der Waals surface area (Å²) in [6.07, 6.45) is -1.38. The van der Waals surface area contributed by atoms with Crippen molar-refractivity contribution in [2.75, 3.05) is 25.8 Å². The minimum atomic E-state index is -1.17. The third kappa shape index (κ3) is 7.13. The molecule has 2 atom stereocenters. The Kier molecular flexibility index (Phi) is 10.3. The Balaban J connectivity index is 2.25. The van der Waals surface area contributed by atoms with Crippen LogP contribution < -0.4 is 5.32 Å². The van der Waals surface area contributed by atoms with Crippen molar-refractivity contribution in [3.8, 4) is 0 Å². The van der Waals surface area contributed by atoms with E-state index in [1.54, 1.807) is 25.1 Å². The summed E-state index contributed by atoms with van der Waals surface area (Å²) >= 11 is 12.1. The highest BCUT2D eigenvalue weighted by atomic mass is 35.5. The largest absolute Gasteiger partial charge is 0.466 e. The molecule has 0 aromatic heterocycles. The zero-order chi connectivity index (χ0) is 23.7. The van der Waals surface area contributed by atoms with E-state index in [2.05, 4.69) is 5.32 Å². The number of amides is 1. The van der Waals surface area contributed by atoms with Crippen LogP contribution in [0.5, 0.6) is 0 Å². The summed E-state index contributed by atoms with van der Waals surface area (Å²) in [5, 5.41) is 3.11. The lowest BCUT2D eigenvalue weighted by Crippen LogP contribution is -2.29. The molecule has 2 rings (SSSR count). The molecule has 0 radical (unpaired) electrons. The number of hydrogen-bond acceptors (Lipinski definition) is 5. The first-order valence-electron chi connectivity index (χ1n) is 9.74. The maximum atomic E-state index is 14.5. The molecule has 32 heavy (non-hydrogen) atoms. The number of methoxy groups -OCH3 is 1. The van der Waals surface area contributed by atoms with Crippen LogP contribution in [0.1, 0.15) is 31.4 Å². The molecule has 1 N–H and O–H groups in total. The predicted molar refractivity (Wildman–Crippen MR) is 117 cm³/mol. The summed E-state index contributed by atoms with van der Waals surface area (Å²) < 4.78 is 43.5. The Labute approximate surface area is 194 Å². The van der Waals surface area contributed by atoms with Crippen LogP contribution in [0, 0.1) is 17.6 Å². The number of carbonyl (C=O) groups excluding carboxylic acids is 2. The lowest BCUT2D eigenvalue weighted by Gasteiger charge is -2.26. The fourth-order valence-electron chi connectivity index (χ4n) is 3.04. The van der Waals surface area contributed by atoms with Gasteiger partial charge in [0.25, 0.3) is 0 Å². The van der Waals surface area contributed by atoms with Gasteiger partial charge < -0.3 is 19.5 Å². The number of anilines is 1. The van der Waals surface area contributed by atoms with Gasteiger partial charge in [-0.1, -0.05) is 35.3 Å². The van der Waals surface area contributed by atoms with Crippen molar-refractivity contribution < 1.29 is 32.6 Å². The first-order valence-corrected chi connectivity index (χ1v) is 10.5. The summed E-state index contributed by atoms with van der Waals surface area (Å²) in [4.78, 5) is 25.2. The van der Waals surface area contributed by atoms with E-state index in [-0.39, 0.29) is 47.5 Å². The molecule has 2 aromatic rings. The molecule has 6 nitrogen and oxygen atoms in total. The van der Waals surface area contributed by atoms with Gasteiger partial charge in [0.1, 0.15) is 24.5 Å². The van der Waals surface area contributed by atoms with E-state index in [1.807, 2.05) is 0 Å². The maximum Gasteiger partial charge on any atom is 0.311 e. The number of esters is 1. The maximum absolute atomic E-state index is 14.5. The van der Waals surface area contributed by atoms with Crippen molar-refractivity contribution in [2.24, 2.45) is 5.92 Å². The summed E-state index contributed by atoms with van der Waals surface area (Å²) in [5.74, 6) is -3.91. The summed E-state index contributed by atoms with van der Waals surface area (Å²) in [6.45, 7) is 1.42. The molecule has 0 aliphatic heterocycles. The number of halogens is 4. The van der Waals surface area contributed by atoms with E-state index in [1.165, 1.54) is 13.2 Å². The predicted octanol–water partition coefficient (Wildman–Crippen LogP) is 5.53. The standard InChI is InChI=1S/C22H23Cl2F2NO5/c1-3-31-22(29)15(9-10-19(28)27-20-16(23)5-4-6-17(20)24)21(32-12-30-2)14-8-7-13(25)11-18(14)26/h4-8,11,15,21H,3,9-10,12H2,1-2H3,(H,27,28). The molecule has 2 unspecified atom stereocenters. The van der Waals surface area contributed by atoms with Crippen LogP contribution in [0.2, 0.25) is 10.0 Å². The van der Waals surface area contributed by atoms with Crippen molar-refractivity contribution in [2.45, 2.75) is 25.9 Å². The molecular formula is C22H23Cl2F2NO5. The number of para-hydroxylation sites is 1. The van der Waals surface area contributed by atoms with Gasteiger partial charge in [0.2, 0.25) is 5.91 Å². The third-order valence-corrected chi connectivity index (χ3v) is 5.13. The quantitative estimate of drug-likeness (QED) is 0.331. The molecular weight excluding hydrogens is 467 g/mol. The molecule has 10 heteroatoms. The van der Waals surface area contributed by atoms with Crippen molar-refractivity contribution >= 4 is 40.8 Å². The first-order chi connectivity index (χ1) is 15.3. The van der Waals surface area contributed by atoms with Gasteiger partial charge in [-0.3, -0.25) is 9.59 Å². The Morgan fingerprint density at radius 1 is 1.12 bits per heavy atom. The molecule has 2 aromatic carbocycles. The van der Waals surface area contributed by atoms with Crippen molar-refractivity contribution in [1.82, 2.24) is 0 Å². The minimum absolute atomic E-state index is 0.0576. The number of benzene rings is 2. The fraction of sp³-hybridized carbons (Fsp3) is 0.364. The van der Waals surface area contributed by atoms with E-state index in [0.717, 1.165) is 6.07 Å². The SMILES string of the molecule is CCOC(=O)C(CCC(=O)Nc1c(Cl)cccc1Cl)C(OCOC)c1ccc(F)cc1F. The fourth-order valence-corrected chi connectivity index (χ4v) is 3.54. The highest BCUT2D eigenvalue weighted by molar-refractivity contribution is 6.39. The molecule has 0 aliphatic carbocycles. The number of ether oxygens (including phenoxy) is 3. The average Bonchev–Trinajstić information content (AvgIpc) is 2.74. The second-order valence-corrected chi connectivity index (χ2v) is 7.52. The number of rotatable bonds is 11. The van der Waals surface area contributed by atoms with Gasteiger partial charge in [-0.05, 0) is 31.5 Å². The topological polar surface area (TPSA) is 73.9 Å². The minimum Gasteiger partial charge on any atom is -0.466 e. The number of hydrogen-bond donors (Lipinski definition) is 1. The monoisotopic (exact) mass is 489 g/mol. The van der Waals surface area contributed by atoms with Gasteiger partial charge in [-0.2, -0.15) is 0 Å². The van der Waals surface area contributed by atoms with E-state index < -0.39 is 35.5 Å². The Morgan fingerprint density at radius 2 is 1.81 bits per heavy atom. The molecule has 1 amide bonds. The van der Waals surface area contributed by atoms with E-state index in [4.69, 9.17) is 37.4 Å².